The molecule has 1 atom stereocenters. The molecule has 0 fully saturated rings. The SMILES string of the molecule is CN=C(NCc1ccc(C#N)cc1F)NC1CCc2nc(COC)nn2C1.I. The first-order valence-corrected chi connectivity index (χ1v) is 8.70. The molecule has 0 radical (unpaired) electrons. The second-order valence-electron chi connectivity index (χ2n) is 6.28. The molecule has 0 amide bonds. The molecule has 1 aromatic carbocycles. The van der Waals surface area contributed by atoms with Crippen LogP contribution in [0.15, 0.2) is 23.2 Å². The number of guanidine groups is 1. The van der Waals surface area contributed by atoms with E-state index in [1.54, 1.807) is 26.3 Å². The van der Waals surface area contributed by atoms with Crippen molar-refractivity contribution in [3.05, 3.63) is 46.8 Å². The van der Waals surface area contributed by atoms with Gasteiger partial charge in [0.1, 0.15) is 18.2 Å². The van der Waals surface area contributed by atoms with Crippen LogP contribution in [0.2, 0.25) is 0 Å². The van der Waals surface area contributed by atoms with Gasteiger partial charge < -0.3 is 15.4 Å². The number of hydrogen-bond acceptors (Lipinski definition) is 5. The summed E-state index contributed by atoms with van der Waals surface area (Å²) < 4.78 is 21.0. The van der Waals surface area contributed by atoms with Crippen molar-refractivity contribution in [1.29, 1.82) is 5.26 Å². The lowest BCUT2D eigenvalue weighted by Crippen LogP contribution is -2.46. The van der Waals surface area contributed by atoms with Crippen molar-refractivity contribution >= 4 is 29.9 Å². The molecular weight excluding hydrogens is 476 g/mol. The molecule has 2 aromatic rings. The zero-order valence-corrected chi connectivity index (χ0v) is 18.1. The molecule has 10 heteroatoms. The molecule has 0 spiro atoms. The second kappa shape index (κ2) is 10.3. The molecule has 0 saturated heterocycles. The van der Waals surface area contributed by atoms with Gasteiger partial charge in [0.2, 0.25) is 0 Å². The number of benzene rings is 1. The van der Waals surface area contributed by atoms with Crippen molar-refractivity contribution in [3.8, 4) is 6.07 Å². The Kier molecular flexibility index (Phi) is 8.13. The van der Waals surface area contributed by atoms with Crippen LogP contribution in [0, 0.1) is 17.1 Å². The number of nitriles is 1. The summed E-state index contributed by atoms with van der Waals surface area (Å²) in [5, 5.41) is 19.7. The molecule has 0 aliphatic carbocycles. The van der Waals surface area contributed by atoms with Crippen molar-refractivity contribution < 1.29 is 9.13 Å². The van der Waals surface area contributed by atoms with Crippen molar-refractivity contribution in [2.24, 2.45) is 4.99 Å². The van der Waals surface area contributed by atoms with E-state index in [1.165, 1.54) is 6.07 Å². The monoisotopic (exact) mass is 499 g/mol. The molecule has 1 aliphatic heterocycles. The lowest BCUT2D eigenvalue weighted by Gasteiger charge is -2.25. The largest absolute Gasteiger partial charge is 0.377 e. The van der Waals surface area contributed by atoms with Crippen LogP contribution in [0.4, 0.5) is 4.39 Å². The quantitative estimate of drug-likeness (QED) is 0.370. The molecule has 0 saturated carbocycles. The van der Waals surface area contributed by atoms with Crippen LogP contribution in [-0.2, 0) is 30.9 Å². The number of rotatable bonds is 5. The fourth-order valence-electron chi connectivity index (χ4n) is 3.00. The summed E-state index contributed by atoms with van der Waals surface area (Å²) in [7, 11) is 3.29. The summed E-state index contributed by atoms with van der Waals surface area (Å²) >= 11 is 0. The van der Waals surface area contributed by atoms with Gasteiger partial charge in [0.15, 0.2) is 11.8 Å². The van der Waals surface area contributed by atoms with Crippen LogP contribution < -0.4 is 10.6 Å². The summed E-state index contributed by atoms with van der Waals surface area (Å²) in [5.74, 6) is 1.83. The fourth-order valence-corrected chi connectivity index (χ4v) is 3.00. The molecule has 1 aromatic heterocycles. The summed E-state index contributed by atoms with van der Waals surface area (Å²) in [6.07, 6.45) is 1.71. The van der Waals surface area contributed by atoms with E-state index in [0.29, 0.717) is 36.1 Å². The van der Waals surface area contributed by atoms with E-state index in [1.807, 2.05) is 10.8 Å². The highest BCUT2D eigenvalue weighted by Gasteiger charge is 2.22. The molecule has 1 aliphatic rings. The first-order valence-electron chi connectivity index (χ1n) is 8.70. The van der Waals surface area contributed by atoms with Crippen molar-refractivity contribution in [2.75, 3.05) is 14.2 Å². The maximum absolute atomic E-state index is 14.0. The van der Waals surface area contributed by atoms with E-state index in [-0.39, 0.29) is 36.6 Å². The van der Waals surface area contributed by atoms with Gasteiger partial charge in [-0.15, -0.1) is 24.0 Å². The van der Waals surface area contributed by atoms with E-state index in [0.717, 1.165) is 18.7 Å². The van der Waals surface area contributed by atoms with Crippen molar-refractivity contribution in [2.45, 2.75) is 38.6 Å². The predicted molar refractivity (Wildman–Crippen MR) is 113 cm³/mol. The lowest BCUT2D eigenvalue weighted by molar-refractivity contribution is 0.177. The molecule has 3 rings (SSSR count). The highest BCUT2D eigenvalue weighted by molar-refractivity contribution is 14.0. The van der Waals surface area contributed by atoms with Crippen LogP contribution in [0.25, 0.3) is 0 Å². The molecule has 2 N–H and O–H groups in total. The number of ether oxygens (including phenoxy) is 1. The third kappa shape index (κ3) is 5.39. The number of aromatic nitrogens is 3. The normalized spacial score (nSPS) is 15.9. The number of halogens is 2. The summed E-state index contributed by atoms with van der Waals surface area (Å²) in [5.41, 5.74) is 0.779. The van der Waals surface area contributed by atoms with Gasteiger partial charge in [0, 0.05) is 38.7 Å². The van der Waals surface area contributed by atoms with Gasteiger partial charge >= 0.3 is 0 Å². The average molecular weight is 499 g/mol. The number of nitrogens with one attached hydrogen (secondary N) is 2. The van der Waals surface area contributed by atoms with Crippen molar-refractivity contribution in [1.82, 2.24) is 25.4 Å². The van der Waals surface area contributed by atoms with E-state index < -0.39 is 5.82 Å². The number of fused-ring (bicyclic) bond motifs is 1. The minimum absolute atomic E-state index is 0. The van der Waals surface area contributed by atoms with E-state index in [4.69, 9.17) is 10.00 Å². The predicted octanol–water partition coefficient (Wildman–Crippen LogP) is 1.73. The lowest BCUT2D eigenvalue weighted by atomic mass is 10.1. The molecule has 1 unspecified atom stereocenters. The molecule has 150 valence electrons. The summed E-state index contributed by atoms with van der Waals surface area (Å²) in [6, 6.07) is 6.51. The van der Waals surface area contributed by atoms with Gasteiger partial charge in [-0.3, -0.25) is 4.99 Å². The maximum atomic E-state index is 14.0. The minimum Gasteiger partial charge on any atom is -0.377 e. The van der Waals surface area contributed by atoms with Crippen LogP contribution in [-0.4, -0.2) is 40.9 Å². The van der Waals surface area contributed by atoms with Gasteiger partial charge in [-0.05, 0) is 18.6 Å². The number of methoxy groups -OCH3 is 1. The molecule has 0 bridgehead atoms. The first kappa shape index (κ1) is 22.0. The third-order valence-corrected chi connectivity index (χ3v) is 4.37. The van der Waals surface area contributed by atoms with E-state index in [9.17, 15) is 4.39 Å². The standard InChI is InChI=1S/C18H22FN7O.HI/c1-21-18(22-9-13-4-3-12(8-20)7-15(13)19)23-14-5-6-17-24-16(11-27-2)25-26(17)10-14;/h3-4,7,14H,5-6,9-11H2,1-2H3,(H2,21,22,23);1H. The second-order valence-corrected chi connectivity index (χ2v) is 6.28. The number of nitrogens with zero attached hydrogens (tertiary/aromatic N) is 5. The average Bonchev–Trinajstić information content (AvgIpc) is 3.07. The zero-order valence-electron chi connectivity index (χ0n) is 15.8. The Hall–Kier alpha value is -2.26. The third-order valence-electron chi connectivity index (χ3n) is 4.37. The molecule has 8 nitrogen and oxygen atoms in total. The fraction of sp³-hybridized carbons (Fsp3) is 0.444. The summed E-state index contributed by atoms with van der Waals surface area (Å²) in [6.45, 7) is 1.35. The van der Waals surface area contributed by atoms with E-state index in [2.05, 4.69) is 25.7 Å². The Balaban J connectivity index is 0.00000280. The van der Waals surface area contributed by atoms with Crippen LogP contribution in [0.3, 0.4) is 0 Å². The van der Waals surface area contributed by atoms with Crippen LogP contribution in [0.1, 0.15) is 29.2 Å². The van der Waals surface area contributed by atoms with Gasteiger partial charge in [0.25, 0.3) is 0 Å². The zero-order chi connectivity index (χ0) is 19.2. The molecule has 2 heterocycles. The summed E-state index contributed by atoms with van der Waals surface area (Å²) in [4.78, 5) is 8.67. The Morgan fingerprint density at radius 3 is 3.00 bits per heavy atom. The Morgan fingerprint density at radius 2 is 2.32 bits per heavy atom. The highest BCUT2D eigenvalue weighted by Crippen LogP contribution is 2.14. The van der Waals surface area contributed by atoms with Gasteiger partial charge in [0.05, 0.1) is 18.2 Å². The maximum Gasteiger partial charge on any atom is 0.191 e. The Labute approximate surface area is 180 Å². The Morgan fingerprint density at radius 1 is 1.50 bits per heavy atom. The van der Waals surface area contributed by atoms with E-state index >= 15 is 0 Å². The minimum atomic E-state index is -0.410. The topological polar surface area (TPSA) is 100 Å². The van der Waals surface area contributed by atoms with Gasteiger partial charge in [-0.2, -0.15) is 10.4 Å². The molecule has 28 heavy (non-hydrogen) atoms. The highest BCUT2D eigenvalue weighted by atomic mass is 127. The van der Waals surface area contributed by atoms with Crippen LogP contribution >= 0.6 is 24.0 Å². The number of aryl methyl sites for hydroxylation is 1. The number of hydrogen-bond donors (Lipinski definition) is 2. The van der Waals surface area contributed by atoms with Gasteiger partial charge in [-0.25, -0.2) is 14.1 Å². The number of aliphatic imine (C=N–C) groups is 1. The smallest absolute Gasteiger partial charge is 0.191 e. The van der Waals surface area contributed by atoms with Gasteiger partial charge in [-0.1, -0.05) is 6.07 Å². The molecular formula is C18H23FIN7O. The Bertz CT molecular complexity index is 877. The van der Waals surface area contributed by atoms with Crippen molar-refractivity contribution in [3.63, 3.8) is 0 Å². The van der Waals surface area contributed by atoms with Crippen LogP contribution in [0.5, 0.6) is 0 Å². The first-order chi connectivity index (χ1) is 13.1.